The monoisotopic (exact) mass is 576 g/mol. The number of halogens is 3. The molecule has 5 nitrogen and oxygen atoms in total. The van der Waals surface area contributed by atoms with E-state index in [1.165, 1.54) is 0 Å². The zero-order valence-corrected chi connectivity index (χ0v) is 21.5. The number of amides is 1. The van der Waals surface area contributed by atoms with Crippen LogP contribution in [0.1, 0.15) is 16.7 Å². The number of carbonyl (C=O) groups is 1. The van der Waals surface area contributed by atoms with Gasteiger partial charge in [-0.25, -0.2) is 4.98 Å². The van der Waals surface area contributed by atoms with Crippen LogP contribution in [0.3, 0.4) is 0 Å². The largest absolute Gasteiger partial charge is 0.482 e. The number of aromatic nitrogens is 1. The van der Waals surface area contributed by atoms with E-state index in [4.69, 9.17) is 20.8 Å². The summed E-state index contributed by atoms with van der Waals surface area (Å²) < 4.78 is 13.4. The molecule has 8 heteroatoms. The number of fused-ring (bicyclic) bond motifs is 1. The number of carbonyl (C=O) groups excluding carboxylic acids is 1. The van der Waals surface area contributed by atoms with Crippen molar-refractivity contribution in [2.24, 2.45) is 0 Å². The maximum Gasteiger partial charge on any atom is 0.262 e. The van der Waals surface area contributed by atoms with Gasteiger partial charge in [-0.2, -0.15) is 0 Å². The minimum absolute atomic E-state index is 0.164. The number of ether oxygens (including phenoxy) is 1. The van der Waals surface area contributed by atoms with Gasteiger partial charge in [-0.3, -0.25) is 4.79 Å². The van der Waals surface area contributed by atoms with Crippen molar-refractivity contribution in [1.29, 1.82) is 0 Å². The number of nitrogens with zero attached hydrogens (tertiary/aromatic N) is 1. The summed E-state index contributed by atoms with van der Waals surface area (Å²) in [5, 5.41) is 3.21. The van der Waals surface area contributed by atoms with E-state index in [1.54, 1.807) is 12.1 Å². The minimum Gasteiger partial charge on any atom is -0.482 e. The lowest BCUT2D eigenvalue weighted by molar-refractivity contribution is -0.118. The summed E-state index contributed by atoms with van der Waals surface area (Å²) in [5.74, 6) is 0.745. The Kier molecular flexibility index (Phi) is 6.60. The van der Waals surface area contributed by atoms with Gasteiger partial charge >= 0.3 is 0 Å². The molecule has 0 aliphatic carbocycles. The second kappa shape index (κ2) is 9.25. The van der Waals surface area contributed by atoms with Gasteiger partial charge in [-0.15, -0.1) is 0 Å². The third kappa shape index (κ3) is 4.85. The Morgan fingerprint density at radius 1 is 1.09 bits per heavy atom. The molecule has 164 valence electrons. The van der Waals surface area contributed by atoms with Gasteiger partial charge in [0, 0.05) is 10.0 Å². The number of anilines is 1. The highest BCUT2D eigenvalue weighted by Gasteiger charge is 2.15. The van der Waals surface area contributed by atoms with E-state index in [0.29, 0.717) is 27.9 Å². The van der Waals surface area contributed by atoms with Crippen LogP contribution in [-0.2, 0) is 4.79 Å². The fraction of sp³-hybridized carbons (Fsp3) is 0.167. The van der Waals surface area contributed by atoms with Crippen LogP contribution in [0.5, 0.6) is 5.75 Å². The first-order valence-electron chi connectivity index (χ1n) is 9.77. The Balaban J connectivity index is 1.53. The van der Waals surface area contributed by atoms with Gasteiger partial charge in [0.2, 0.25) is 5.89 Å². The summed E-state index contributed by atoms with van der Waals surface area (Å²) in [6, 6.07) is 13.1. The molecule has 1 N–H and O–H groups in total. The smallest absolute Gasteiger partial charge is 0.262 e. The molecule has 0 aliphatic heterocycles. The standard InChI is InChI=1S/C24H19Br2ClN2O3/c1-12-6-13(2)23-20(7-12)29-24(32-23)15-4-5-18(27)19(9-15)28-21(30)11-31-22-14(3)8-16(25)10-17(22)26/h4-10H,11H2,1-3H3,(H,28,30). The highest BCUT2D eigenvalue weighted by molar-refractivity contribution is 9.11. The maximum atomic E-state index is 12.5. The lowest BCUT2D eigenvalue weighted by Crippen LogP contribution is -2.20. The van der Waals surface area contributed by atoms with Gasteiger partial charge in [0.15, 0.2) is 12.2 Å². The van der Waals surface area contributed by atoms with Gasteiger partial charge in [0.25, 0.3) is 5.91 Å². The number of oxazole rings is 1. The van der Waals surface area contributed by atoms with E-state index in [0.717, 1.165) is 36.7 Å². The lowest BCUT2D eigenvalue weighted by atomic mass is 10.1. The minimum atomic E-state index is -0.331. The summed E-state index contributed by atoms with van der Waals surface area (Å²) >= 11 is 13.2. The van der Waals surface area contributed by atoms with Crippen molar-refractivity contribution in [1.82, 2.24) is 4.98 Å². The summed E-state index contributed by atoms with van der Waals surface area (Å²) in [7, 11) is 0. The Morgan fingerprint density at radius 2 is 1.88 bits per heavy atom. The maximum absolute atomic E-state index is 12.5. The first-order chi connectivity index (χ1) is 15.2. The molecular weight excluding hydrogens is 560 g/mol. The third-order valence-corrected chi connectivity index (χ3v) is 6.23. The molecule has 0 bridgehead atoms. The fourth-order valence-electron chi connectivity index (χ4n) is 3.45. The van der Waals surface area contributed by atoms with Crippen molar-refractivity contribution < 1.29 is 13.9 Å². The highest BCUT2D eigenvalue weighted by Crippen LogP contribution is 2.33. The first kappa shape index (κ1) is 22.8. The Hall–Kier alpha value is -2.35. The van der Waals surface area contributed by atoms with E-state index < -0.39 is 0 Å². The molecule has 32 heavy (non-hydrogen) atoms. The van der Waals surface area contributed by atoms with Crippen LogP contribution in [0.2, 0.25) is 5.02 Å². The SMILES string of the molecule is Cc1cc(C)c2oc(-c3ccc(Cl)c(NC(=O)COc4c(C)cc(Br)cc4Br)c3)nc2c1. The van der Waals surface area contributed by atoms with E-state index in [1.807, 2.05) is 45.0 Å². The lowest BCUT2D eigenvalue weighted by Gasteiger charge is -2.13. The molecule has 0 aliphatic rings. The number of hydrogen-bond acceptors (Lipinski definition) is 4. The van der Waals surface area contributed by atoms with E-state index in [2.05, 4.69) is 48.2 Å². The molecule has 0 fully saturated rings. The number of benzene rings is 3. The van der Waals surface area contributed by atoms with E-state index >= 15 is 0 Å². The topological polar surface area (TPSA) is 64.4 Å². The van der Waals surface area contributed by atoms with Crippen LogP contribution in [-0.4, -0.2) is 17.5 Å². The quantitative estimate of drug-likeness (QED) is 0.265. The van der Waals surface area contributed by atoms with Gasteiger partial charge in [0.1, 0.15) is 11.3 Å². The molecule has 3 aromatic carbocycles. The van der Waals surface area contributed by atoms with Crippen LogP contribution < -0.4 is 10.1 Å². The van der Waals surface area contributed by atoms with E-state index in [9.17, 15) is 4.79 Å². The van der Waals surface area contributed by atoms with E-state index in [-0.39, 0.29) is 12.5 Å². The van der Waals surface area contributed by atoms with Gasteiger partial charge in [0.05, 0.1) is 15.2 Å². The predicted octanol–water partition coefficient (Wildman–Crippen LogP) is 7.62. The second-order valence-electron chi connectivity index (χ2n) is 7.51. The van der Waals surface area contributed by atoms with Crippen molar-refractivity contribution in [3.63, 3.8) is 0 Å². The Bertz CT molecular complexity index is 1330. The fourth-order valence-corrected chi connectivity index (χ4v) is 5.17. The first-order valence-corrected chi connectivity index (χ1v) is 11.7. The Morgan fingerprint density at radius 3 is 2.62 bits per heavy atom. The van der Waals surface area contributed by atoms with Crippen molar-refractivity contribution in [2.75, 3.05) is 11.9 Å². The summed E-state index contributed by atoms with van der Waals surface area (Å²) in [5.41, 5.74) is 5.75. The molecule has 4 aromatic rings. The summed E-state index contributed by atoms with van der Waals surface area (Å²) in [6.45, 7) is 5.76. The summed E-state index contributed by atoms with van der Waals surface area (Å²) in [4.78, 5) is 17.1. The molecule has 1 heterocycles. The number of hydrogen-bond donors (Lipinski definition) is 1. The third-order valence-electron chi connectivity index (χ3n) is 4.85. The molecule has 0 saturated carbocycles. The van der Waals surface area contributed by atoms with Gasteiger partial charge in [-0.1, -0.05) is 33.6 Å². The molecule has 0 saturated heterocycles. The Labute approximate surface area is 207 Å². The zero-order chi connectivity index (χ0) is 23.0. The number of aryl methyl sites for hydroxylation is 3. The molecule has 1 aromatic heterocycles. The van der Waals surface area contributed by atoms with Gasteiger partial charge in [-0.05, 0) is 89.8 Å². The van der Waals surface area contributed by atoms with Crippen LogP contribution in [0.25, 0.3) is 22.6 Å². The molecule has 4 rings (SSSR count). The summed E-state index contributed by atoms with van der Waals surface area (Å²) in [6.07, 6.45) is 0. The van der Waals surface area contributed by atoms with Crippen LogP contribution in [0.15, 0.2) is 55.8 Å². The van der Waals surface area contributed by atoms with Crippen molar-refractivity contribution in [3.05, 3.63) is 73.1 Å². The molecule has 1 amide bonds. The second-order valence-corrected chi connectivity index (χ2v) is 9.69. The normalized spacial score (nSPS) is 11.1. The number of nitrogens with one attached hydrogen (secondary N) is 1. The molecule has 0 unspecified atom stereocenters. The van der Waals surface area contributed by atoms with Crippen LogP contribution >= 0.6 is 43.5 Å². The number of rotatable bonds is 5. The molecular formula is C24H19Br2ClN2O3. The highest BCUT2D eigenvalue weighted by atomic mass is 79.9. The zero-order valence-electron chi connectivity index (χ0n) is 17.6. The van der Waals surface area contributed by atoms with Crippen molar-refractivity contribution in [3.8, 4) is 17.2 Å². The molecule has 0 atom stereocenters. The predicted molar refractivity (Wildman–Crippen MR) is 135 cm³/mol. The van der Waals surface area contributed by atoms with Crippen LogP contribution in [0, 0.1) is 20.8 Å². The molecule has 0 radical (unpaired) electrons. The molecule has 0 spiro atoms. The average Bonchev–Trinajstić information content (AvgIpc) is 3.13. The van der Waals surface area contributed by atoms with Crippen molar-refractivity contribution in [2.45, 2.75) is 20.8 Å². The van der Waals surface area contributed by atoms with Crippen molar-refractivity contribution >= 4 is 66.2 Å². The van der Waals surface area contributed by atoms with Gasteiger partial charge < -0.3 is 14.5 Å². The van der Waals surface area contributed by atoms with Crippen LogP contribution in [0.4, 0.5) is 5.69 Å². The average molecular weight is 579 g/mol.